The molecule has 4 nitrogen and oxygen atoms in total. The maximum absolute atomic E-state index is 12.4. The number of carbonyl (C=O) groups excluding carboxylic acids is 1. The van der Waals surface area contributed by atoms with Gasteiger partial charge in [0.15, 0.2) is 5.76 Å². The Kier molecular flexibility index (Phi) is 2.75. The number of furan rings is 1. The van der Waals surface area contributed by atoms with E-state index in [2.05, 4.69) is 6.07 Å². The summed E-state index contributed by atoms with van der Waals surface area (Å²) in [6.45, 7) is 2.63. The van der Waals surface area contributed by atoms with Crippen LogP contribution in [-0.4, -0.2) is 23.4 Å². The van der Waals surface area contributed by atoms with E-state index in [1.165, 1.54) is 0 Å². The molecule has 19 heavy (non-hydrogen) atoms. The van der Waals surface area contributed by atoms with Gasteiger partial charge in [-0.3, -0.25) is 4.79 Å². The normalized spacial score (nSPS) is 18.7. The van der Waals surface area contributed by atoms with E-state index in [0.29, 0.717) is 17.9 Å². The van der Waals surface area contributed by atoms with Crippen LogP contribution < -0.4 is 0 Å². The van der Waals surface area contributed by atoms with Crippen LogP contribution in [0.25, 0.3) is 11.0 Å². The first kappa shape index (κ1) is 11.8. The number of aryl methyl sites for hydroxylation is 1. The highest BCUT2D eigenvalue weighted by molar-refractivity contribution is 5.96. The third-order valence-corrected chi connectivity index (χ3v) is 3.55. The lowest BCUT2D eigenvalue weighted by Gasteiger charge is -2.17. The topological polar surface area (TPSA) is 57.2 Å². The molecular formula is C15H14N2O2. The van der Waals surface area contributed by atoms with E-state index in [9.17, 15) is 4.79 Å². The van der Waals surface area contributed by atoms with E-state index in [0.717, 1.165) is 23.8 Å². The Morgan fingerprint density at radius 2 is 2.32 bits per heavy atom. The van der Waals surface area contributed by atoms with Crippen LogP contribution in [0, 0.1) is 18.3 Å². The molecule has 1 aromatic carbocycles. The van der Waals surface area contributed by atoms with Gasteiger partial charge in [0, 0.05) is 11.9 Å². The van der Waals surface area contributed by atoms with Crippen LogP contribution in [0.5, 0.6) is 0 Å². The van der Waals surface area contributed by atoms with Crippen molar-refractivity contribution in [2.45, 2.75) is 25.8 Å². The van der Waals surface area contributed by atoms with Gasteiger partial charge in [-0.1, -0.05) is 11.6 Å². The zero-order valence-electron chi connectivity index (χ0n) is 10.7. The van der Waals surface area contributed by atoms with Gasteiger partial charge in [0.05, 0.1) is 6.07 Å². The lowest BCUT2D eigenvalue weighted by atomic mass is 10.2. The van der Waals surface area contributed by atoms with Crippen molar-refractivity contribution < 1.29 is 9.21 Å². The third-order valence-electron chi connectivity index (χ3n) is 3.55. The molecule has 1 aliphatic rings. The third kappa shape index (κ3) is 1.97. The lowest BCUT2D eigenvalue weighted by Crippen LogP contribution is -2.34. The average molecular weight is 254 g/mol. The highest BCUT2D eigenvalue weighted by Crippen LogP contribution is 2.24. The quantitative estimate of drug-likeness (QED) is 0.786. The van der Waals surface area contributed by atoms with Gasteiger partial charge >= 0.3 is 0 Å². The molecule has 1 unspecified atom stereocenters. The first-order valence-electron chi connectivity index (χ1n) is 6.40. The maximum Gasteiger partial charge on any atom is 0.290 e. The van der Waals surface area contributed by atoms with E-state index in [1.807, 2.05) is 25.1 Å². The number of carbonyl (C=O) groups is 1. The summed E-state index contributed by atoms with van der Waals surface area (Å²) < 4.78 is 5.59. The Bertz CT molecular complexity index is 681. The van der Waals surface area contributed by atoms with Gasteiger partial charge in [-0.25, -0.2) is 0 Å². The minimum atomic E-state index is -0.317. The average Bonchev–Trinajstić information content (AvgIpc) is 3.03. The largest absolute Gasteiger partial charge is 0.451 e. The van der Waals surface area contributed by atoms with E-state index in [1.54, 1.807) is 11.0 Å². The molecule has 1 fully saturated rings. The van der Waals surface area contributed by atoms with Crippen molar-refractivity contribution in [1.29, 1.82) is 5.26 Å². The Hall–Kier alpha value is -2.28. The SMILES string of the molecule is Cc1ccc2oc(C(=O)N3CCCC3C#N)cc2c1. The highest BCUT2D eigenvalue weighted by Gasteiger charge is 2.30. The zero-order chi connectivity index (χ0) is 13.4. The summed E-state index contributed by atoms with van der Waals surface area (Å²) in [5.74, 6) is 0.139. The fourth-order valence-electron chi connectivity index (χ4n) is 2.55. The second-order valence-electron chi connectivity index (χ2n) is 4.94. The second kappa shape index (κ2) is 4.43. The molecule has 0 N–H and O–H groups in total. The number of rotatable bonds is 1. The van der Waals surface area contributed by atoms with Gasteiger partial charge in [0.1, 0.15) is 11.6 Å². The zero-order valence-corrected chi connectivity index (χ0v) is 10.7. The van der Waals surface area contributed by atoms with Gasteiger partial charge in [-0.05, 0) is 38.0 Å². The summed E-state index contributed by atoms with van der Waals surface area (Å²) in [5, 5.41) is 9.96. The van der Waals surface area contributed by atoms with Crippen LogP contribution in [0.1, 0.15) is 29.0 Å². The van der Waals surface area contributed by atoms with Gasteiger partial charge in [-0.2, -0.15) is 5.26 Å². The first-order chi connectivity index (χ1) is 9.19. The molecule has 0 radical (unpaired) electrons. The van der Waals surface area contributed by atoms with Gasteiger partial charge in [0.2, 0.25) is 0 Å². The van der Waals surface area contributed by atoms with E-state index >= 15 is 0 Å². The standard InChI is InChI=1S/C15H14N2O2/c1-10-4-5-13-11(7-10)8-14(19-13)15(18)17-6-2-3-12(17)9-16/h4-5,7-8,12H,2-3,6H2,1H3. The molecule has 3 rings (SSSR count). The van der Waals surface area contributed by atoms with E-state index in [4.69, 9.17) is 9.68 Å². The molecule has 0 aliphatic carbocycles. The molecule has 1 aliphatic heterocycles. The molecular weight excluding hydrogens is 240 g/mol. The molecule has 1 aromatic heterocycles. The molecule has 1 amide bonds. The Morgan fingerprint density at radius 3 is 3.11 bits per heavy atom. The summed E-state index contributed by atoms with van der Waals surface area (Å²) >= 11 is 0. The van der Waals surface area contributed by atoms with Crippen molar-refractivity contribution in [1.82, 2.24) is 4.90 Å². The number of nitrogens with zero attached hydrogens (tertiary/aromatic N) is 2. The second-order valence-corrected chi connectivity index (χ2v) is 4.94. The predicted molar refractivity (Wildman–Crippen MR) is 70.6 cm³/mol. The number of likely N-dealkylation sites (tertiary alicyclic amines) is 1. The van der Waals surface area contributed by atoms with E-state index < -0.39 is 0 Å². The minimum Gasteiger partial charge on any atom is -0.451 e. The number of nitriles is 1. The molecule has 2 heterocycles. The van der Waals surface area contributed by atoms with Crippen molar-refractivity contribution in [2.75, 3.05) is 6.54 Å². The van der Waals surface area contributed by atoms with Gasteiger partial charge < -0.3 is 9.32 Å². The summed E-state index contributed by atoms with van der Waals surface area (Å²) in [5.41, 5.74) is 1.84. The predicted octanol–water partition coefficient (Wildman–Crippen LogP) is 2.87. The van der Waals surface area contributed by atoms with Gasteiger partial charge in [-0.15, -0.1) is 0 Å². The molecule has 2 aromatic rings. The van der Waals surface area contributed by atoms with Crippen LogP contribution in [0.4, 0.5) is 0 Å². The Balaban J connectivity index is 1.96. The Labute approximate surface area is 111 Å². The molecule has 4 heteroatoms. The van der Waals surface area contributed by atoms with Crippen molar-refractivity contribution in [2.24, 2.45) is 0 Å². The number of benzene rings is 1. The summed E-state index contributed by atoms with van der Waals surface area (Å²) in [7, 11) is 0. The molecule has 1 saturated heterocycles. The smallest absolute Gasteiger partial charge is 0.290 e. The van der Waals surface area contributed by atoms with Crippen LogP contribution in [-0.2, 0) is 0 Å². The number of amides is 1. The minimum absolute atomic E-state index is 0.182. The summed E-state index contributed by atoms with van der Waals surface area (Å²) in [6.07, 6.45) is 1.63. The molecule has 0 bridgehead atoms. The molecule has 1 atom stereocenters. The van der Waals surface area contributed by atoms with Crippen molar-refractivity contribution in [3.05, 3.63) is 35.6 Å². The fraction of sp³-hybridized carbons (Fsp3) is 0.333. The molecule has 96 valence electrons. The van der Waals surface area contributed by atoms with Crippen LogP contribution in [0.3, 0.4) is 0 Å². The van der Waals surface area contributed by atoms with Crippen molar-refractivity contribution in [3.8, 4) is 6.07 Å². The fourth-order valence-corrected chi connectivity index (χ4v) is 2.55. The monoisotopic (exact) mass is 254 g/mol. The summed E-state index contributed by atoms with van der Waals surface area (Å²) in [4.78, 5) is 14.0. The van der Waals surface area contributed by atoms with E-state index in [-0.39, 0.29) is 11.9 Å². The maximum atomic E-state index is 12.4. The summed E-state index contributed by atoms with van der Waals surface area (Å²) in [6, 6.07) is 9.42. The lowest BCUT2D eigenvalue weighted by molar-refractivity contribution is 0.0735. The highest BCUT2D eigenvalue weighted by atomic mass is 16.3. The van der Waals surface area contributed by atoms with Crippen molar-refractivity contribution >= 4 is 16.9 Å². The Morgan fingerprint density at radius 1 is 1.47 bits per heavy atom. The number of hydrogen-bond donors (Lipinski definition) is 0. The molecule has 0 saturated carbocycles. The van der Waals surface area contributed by atoms with Crippen LogP contribution in [0.15, 0.2) is 28.7 Å². The molecule has 0 spiro atoms. The first-order valence-corrected chi connectivity index (χ1v) is 6.40. The van der Waals surface area contributed by atoms with Crippen LogP contribution >= 0.6 is 0 Å². The number of hydrogen-bond acceptors (Lipinski definition) is 3. The van der Waals surface area contributed by atoms with Gasteiger partial charge in [0.25, 0.3) is 5.91 Å². The van der Waals surface area contributed by atoms with Crippen molar-refractivity contribution in [3.63, 3.8) is 0 Å². The van der Waals surface area contributed by atoms with Crippen LogP contribution in [0.2, 0.25) is 0 Å². The number of fused-ring (bicyclic) bond motifs is 1.